The molecule has 1 fully saturated rings. The van der Waals surface area contributed by atoms with E-state index >= 15 is 0 Å². The molecule has 0 aliphatic carbocycles. The molecule has 0 radical (unpaired) electrons. The van der Waals surface area contributed by atoms with Gasteiger partial charge in [0.05, 0.1) is 21.1 Å². The smallest absolute Gasteiger partial charge is 0.224 e. The number of benzene rings is 1. The lowest BCUT2D eigenvalue weighted by molar-refractivity contribution is 0.211. The Morgan fingerprint density at radius 3 is 2.61 bits per heavy atom. The Morgan fingerprint density at radius 1 is 1.21 bits per heavy atom. The highest BCUT2D eigenvalue weighted by atomic mass is 79.9. The lowest BCUT2D eigenvalue weighted by atomic mass is 10.0. The van der Waals surface area contributed by atoms with E-state index in [1.54, 1.807) is 18.6 Å². The third kappa shape index (κ3) is 5.80. The summed E-state index contributed by atoms with van der Waals surface area (Å²) in [6.07, 6.45) is 7.24. The number of halogens is 2. The van der Waals surface area contributed by atoms with Crippen molar-refractivity contribution in [3.8, 4) is 6.07 Å². The molecule has 1 aliphatic heterocycles. The highest BCUT2D eigenvalue weighted by molar-refractivity contribution is 9.10. The van der Waals surface area contributed by atoms with Crippen LogP contribution in [0.3, 0.4) is 0 Å². The number of rotatable bonds is 6. The summed E-state index contributed by atoms with van der Waals surface area (Å²) >= 11 is 9.80. The molecule has 1 saturated heterocycles. The van der Waals surface area contributed by atoms with Crippen molar-refractivity contribution in [1.29, 1.82) is 5.26 Å². The molecule has 1 aromatic carbocycles. The Labute approximate surface area is 207 Å². The van der Waals surface area contributed by atoms with Gasteiger partial charge in [-0.3, -0.25) is 9.88 Å². The number of nitriles is 1. The molecule has 0 amide bonds. The molecule has 170 valence electrons. The first-order valence-electron chi connectivity index (χ1n) is 10.8. The minimum Gasteiger partial charge on any atom is -0.351 e. The molecule has 3 aromatic rings. The molecule has 33 heavy (non-hydrogen) atoms. The van der Waals surface area contributed by atoms with Gasteiger partial charge in [-0.1, -0.05) is 11.6 Å². The molecule has 2 aromatic heterocycles. The first-order chi connectivity index (χ1) is 15.9. The predicted octanol–water partition coefficient (Wildman–Crippen LogP) is 5.60. The van der Waals surface area contributed by atoms with Crippen LogP contribution in [0.25, 0.3) is 0 Å². The van der Waals surface area contributed by atoms with Crippen molar-refractivity contribution in [3.63, 3.8) is 0 Å². The molecule has 1 aliphatic rings. The first-order valence-corrected chi connectivity index (χ1v) is 12.0. The average molecular weight is 527 g/mol. The van der Waals surface area contributed by atoms with Gasteiger partial charge in [0.1, 0.15) is 5.82 Å². The second kappa shape index (κ2) is 10.5. The van der Waals surface area contributed by atoms with Gasteiger partial charge in [-0.15, -0.1) is 0 Å². The molecular weight excluding hydrogens is 502 g/mol. The van der Waals surface area contributed by atoms with Gasteiger partial charge in [-0.05, 0) is 77.5 Å². The molecule has 3 heterocycles. The predicted molar refractivity (Wildman–Crippen MR) is 135 cm³/mol. The number of aryl methyl sites for hydroxylation is 2. The second-order valence-corrected chi connectivity index (χ2v) is 9.54. The van der Waals surface area contributed by atoms with Gasteiger partial charge in [0, 0.05) is 50.0 Å². The van der Waals surface area contributed by atoms with Gasteiger partial charge in [0.2, 0.25) is 5.95 Å². The summed E-state index contributed by atoms with van der Waals surface area (Å²) in [5.41, 5.74) is 4.69. The normalized spacial score (nSPS) is 14.6. The number of hydrogen-bond acceptors (Lipinski definition) is 7. The van der Waals surface area contributed by atoms with E-state index in [1.807, 2.05) is 32.0 Å². The molecule has 9 heteroatoms. The van der Waals surface area contributed by atoms with Gasteiger partial charge in [-0.2, -0.15) is 10.2 Å². The van der Waals surface area contributed by atoms with Crippen molar-refractivity contribution < 1.29 is 0 Å². The zero-order chi connectivity index (χ0) is 23.4. The summed E-state index contributed by atoms with van der Waals surface area (Å²) in [6.45, 7) is 6.75. The summed E-state index contributed by atoms with van der Waals surface area (Å²) in [5, 5.41) is 16.8. The van der Waals surface area contributed by atoms with Gasteiger partial charge in [0.15, 0.2) is 0 Å². The van der Waals surface area contributed by atoms with E-state index in [2.05, 4.69) is 47.5 Å². The van der Waals surface area contributed by atoms with Crippen molar-refractivity contribution in [3.05, 3.63) is 68.5 Å². The number of hydrogen-bond donors (Lipinski definition) is 2. The SMILES string of the molecule is Cc1cc(C#N)cc(C)c1Nc1nc(NC2CCN(Cc3ccncc3Cl)CC2)ncc1Br. The van der Waals surface area contributed by atoms with E-state index in [1.165, 1.54) is 0 Å². The van der Waals surface area contributed by atoms with Crippen LogP contribution >= 0.6 is 27.5 Å². The molecule has 2 N–H and O–H groups in total. The third-order valence-electron chi connectivity index (χ3n) is 5.82. The van der Waals surface area contributed by atoms with Crippen molar-refractivity contribution >= 4 is 45.0 Å². The monoisotopic (exact) mass is 525 g/mol. The fourth-order valence-electron chi connectivity index (χ4n) is 4.06. The van der Waals surface area contributed by atoms with E-state index in [4.69, 9.17) is 16.6 Å². The number of aromatic nitrogens is 3. The standard InChI is InChI=1S/C24H25BrClN7/c1-15-9-17(11-27)10-16(2)22(15)31-23-20(25)12-29-24(32-23)30-19-4-7-33(8-5-19)14-18-3-6-28-13-21(18)26/h3,6,9-10,12-13,19H,4-5,7-8,14H2,1-2H3,(H2,29,30,31,32). The van der Waals surface area contributed by atoms with E-state index in [-0.39, 0.29) is 0 Å². The number of likely N-dealkylation sites (tertiary alicyclic amines) is 1. The molecule has 0 bridgehead atoms. The fourth-order valence-corrected chi connectivity index (χ4v) is 4.53. The van der Waals surface area contributed by atoms with Crippen molar-refractivity contribution in [2.75, 3.05) is 23.7 Å². The summed E-state index contributed by atoms with van der Waals surface area (Å²) < 4.78 is 0.778. The van der Waals surface area contributed by atoms with E-state index in [0.717, 1.165) is 59.3 Å². The van der Waals surface area contributed by atoms with Crippen molar-refractivity contribution in [1.82, 2.24) is 19.9 Å². The van der Waals surface area contributed by atoms with Crippen LogP contribution in [0.2, 0.25) is 5.02 Å². The first kappa shape index (κ1) is 23.4. The Bertz CT molecular complexity index is 1160. The Balaban J connectivity index is 1.39. The minimum atomic E-state index is 0.307. The Kier molecular flexibility index (Phi) is 7.43. The fraction of sp³-hybridized carbons (Fsp3) is 0.333. The van der Waals surface area contributed by atoms with Crippen molar-refractivity contribution in [2.24, 2.45) is 0 Å². The summed E-state index contributed by atoms with van der Waals surface area (Å²) in [4.78, 5) is 15.6. The maximum absolute atomic E-state index is 9.19. The van der Waals surface area contributed by atoms with E-state index in [9.17, 15) is 5.26 Å². The molecule has 0 saturated carbocycles. The molecule has 0 unspecified atom stereocenters. The van der Waals surface area contributed by atoms with Crippen LogP contribution in [0.1, 0.15) is 35.1 Å². The van der Waals surface area contributed by atoms with Crippen LogP contribution in [0.15, 0.2) is 41.3 Å². The molecule has 4 rings (SSSR count). The van der Waals surface area contributed by atoms with Gasteiger partial charge < -0.3 is 10.6 Å². The second-order valence-electron chi connectivity index (χ2n) is 8.27. The number of nitrogens with zero attached hydrogens (tertiary/aromatic N) is 5. The number of nitrogens with one attached hydrogen (secondary N) is 2. The zero-order valence-electron chi connectivity index (χ0n) is 18.6. The van der Waals surface area contributed by atoms with Gasteiger partial charge in [0.25, 0.3) is 0 Å². The highest BCUT2D eigenvalue weighted by Gasteiger charge is 2.21. The van der Waals surface area contributed by atoms with Crippen LogP contribution in [0, 0.1) is 25.2 Å². The number of piperidine rings is 1. The molecule has 7 nitrogen and oxygen atoms in total. The van der Waals surface area contributed by atoms with Crippen LogP contribution in [-0.4, -0.2) is 39.0 Å². The molecule has 0 atom stereocenters. The average Bonchev–Trinajstić information content (AvgIpc) is 2.80. The molecular formula is C24H25BrClN7. The maximum Gasteiger partial charge on any atom is 0.224 e. The van der Waals surface area contributed by atoms with Crippen molar-refractivity contribution in [2.45, 2.75) is 39.3 Å². The number of pyridine rings is 1. The highest BCUT2D eigenvalue weighted by Crippen LogP contribution is 2.30. The van der Waals surface area contributed by atoms with E-state index < -0.39 is 0 Å². The summed E-state index contributed by atoms with van der Waals surface area (Å²) in [5.74, 6) is 1.29. The zero-order valence-corrected chi connectivity index (χ0v) is 20.9. The van der Waals surface area contributed by atoms with Crippen LogP contribution in [0.5, 0.6) is 0 Å². The van der Waals surface area contributed by atoms with Crippen LogP contribution < -0.4 is 10.6 Å². The van der Waals surface area contributed by atoms with E-state index in [0.29, 0.717) is 28.4 Å². The maximum atomic E-state index is 9.19. The quantitative estimate of drug-likeness (QED) is 0.432. The number of anilines is 3. The van der Waals surface area contributed by atoms with Gasteiger partial charge in [-0.25, -0.2) is 4.98 Å². The lowest BCUT2D eigenvalue weighted by Gasteiger charge is -2.32. The molecule has 0 spiro atoms. The van der Waals surface area contributed by atoms with Crippen LogP contribution in [-0.2, 0) is 6.54 Å². The van der Waals surface area contributed by atoms with Crippen LogP contribution in [0.4, 0.5) is 17.5 Å². The minimum absolute atomic E-state index is 0.307. The Morgan fingerprint density at radius 2 is 1.94 bits per heavy atom. The topological polar surface area (TPSA) is 89.8 Å². The third-order valence-corrected chi connectivity index (χ3v) is 6.74. The largest absolute Gasteiger partial charge is 0.351 e. The summed E-state index contributed by atoms with van der Waals surface area (Å²) in [6, 6.07) is 8.23. The Hall–Kier alpha value is -2.73. The lowest BCUT2D eigenvalue weighted by Crippen LogP contribution is -2.39. The van der Waals surface area contributed by atoms with Gasteiger partial charge >= 0.3 is 0 Å². The summed E-state index contributed by atoms with van der Waals surface area (Å²) in [7, 11) is 0.